The zero-order valence-electron chi connectivity index (χ0n) is 16.0. The van der Waals surface area contributed by atoms with Gasteiger partial charge in [0.05, 0.1) is 26.7 Å². The van der Waals surface area contributed by atoms with Crippen LogP contribution in [0.3, 0.4) is 0 Å². The maximum absolute atomic E-state index is 11.5. The van der Waals surface area contributed by atoms with Gasteiger partial charge >= 0.3 is 5.97 Å². The average Bonchev–Trinajstić information content (AvgIpc) is 2.69. The monoisotopic (exact) mass is 388 g/mol. The first kappa shape index (κ1) is 20.8. The maximum atomic E-state index is 11.5. The normalized spacial score (nSPS) is 10.2. The lowest BCUT2D eigenvalue weighted by Crippen LogP contribution is -2.01. The second kappa shape index (κ2) is 10.6. The summed E-state index contributed by atoms with van der Waals surface area (Å²) in [6.07, 6.45) is 0.636. The molecule has 0 aliphatic rings. The molecular formula is C22H25ClO4. The standard InChI is InChI=1S/C22H25ClO4/c1-4-26-18-10-6-16(7-11-18)22(20(23)14-15-21(24)25-3)17-8-12-19(13-9-17)27-5-2/h6-13H,4-5,14-15H2,1-3H3. The molecule has 0 spiro atoms. The fourth-order valence-corrected chi connectivity index (χ4v) is 3.00. The van der Waals surface area contributed by atoms with Crippen molar-refractivity contribution in [2.45, 2.75) is 26.7 Å². The highest BCUT2D eigenvalue weighted by molar-refractivity contribution is 6.33. The predicted octanol–water partition coefficient (Wildman–Crippen LogP) is 5.44. The average molecular weight is 389 g/mol. The van der Waals surface area contributed by atoms with Gasteiger partial charge in [-0.3, -0.25) is 4.79 Å². The summed E-state index contributed by atoms with van der Waals surface area (Å²) in [6, 6.07) is 15.5. The summed E-state index contributed by atoms with van der Waals surface area (Å²) in [5, 5.41) is 0.605. The lowest BCUT2D eigenvalue weighted by molar-refractivity contribution is -0.140. The molecular weight excluding hydrogens is 364 g/mol. The number of carbonyl (C=O) groups is 1. The van der Waals surface area contributed by atoms with E-state index in [4.69, 9.17) is 25.8 Å². The van der Waals surface area contributed by atoms with Gasteiger partial charge in [-0.15, -0.1) is 0 Å². The summed E-state index contributed by atoms with van der Waals surface area (Å²) in [4.78, 5) is 11.5. The minimum absolute atomic E-state index is 0.229. The number of methoxy groups -OCH3 is 1. The maximum Gasteiger partial charge on any atom is 0.305 e. The highest BCUT2D eigenvalue weighted by Gasteiger charge is 2.13. The van der Waals surface area contributed by atoms with Crippen molar-refractivity contribution in [1.29, 1.82) is 0 Å². The van der Waals surface area contributed by atoms with Gasteiger partial charge in [0.2, 0.25) is 0 Å². The van der Waals surface area contributed by atoms with Crippen LogP contribution in [0, 0.1) is 0 Å². The Morgan fingerprint density at radius 3 is 1.63 bits per heavy atom. The van der Waals surface area contributed by atoms with Gasteiger partial charge in [-0.1, -0.05) is 35.9 Å². The second-order valence-corrected chi connectivity index (χ2v) is 6.23. The molecule has 0 fully saturated rings. The van der Waals surface area contributed by atoms with Crippen molar-refractivity contribution in [2.75, 3.05) is 20.3 Å². The first-order chi connectivity index (χ1) is 13.1. The van der Waals surface area contributed by atoms with Gasteiger partial charge in [-0.05, 0) is 55.7 Å². The number of rotatable bonds is 9. The van der Waals surface area contributed by atoms with Crippen molar-refractivity contribution < 1.29 is 19.0 Å². The fraction of sp³-hybridized carbons (Fsp3) is 0.318. The number of carbonyl (C=O) groups excluding carboxylic acids is 1. The van der Waals surface area contributed by atoms with Crippen molar-refractivity contribution in [3.8, 4) is 11.5 Å². The molecule has 0 saturated carbocycles. The van der Waals surface area contributed by atoms with E-state index in [-0.39, 0.29) is 12.4 Å². The van der Waals surface area contributed by atoms with E-state index in [1.807, 2.05) is 62.4 Å². The van der Waals surface area contributed by atoms with Gasteiger partial charge in [0.1, 0.15) is 11.5 Å². The van der Waals surface area contributed by atoms with Crippen LogP contribution in [0.1, 0.15) is 37.8 Å². The van der Waals surface area contributed by atoms with Crippen LogP contribution in [0.15, 0.2) is 53.6 Å². The van der Waals surface area contributed by atoms with Gasteiger partial charge < -0.3 is 14.2 Å². The van der Waals surface area contributed by atoms with E-state index in [0.717, 1.165) is 28.2 Å². The fourth-order valence-electron chi connectivity index (χ4n) is 2.69. The Hall–Kier alpha value is -2.46. The Kier molecular flexibility index (Phi) is 8.21. The third-order valence-corrected chi connectivity index (χ3v) is 4.33. The van der Waals surface area contributed by atoms with Crippen molar-refractivity contribution >= 4 is 23.1 Å². The minimum atomic E-state index is -0.286. The summed E-state index contributed by atoms with van der Waals surface area (Å²) < 4.78 is 15.8. The van der Waals surface area contributed by atoms with Crippen molar-refractivity contribution in [1.82, 2.24) is 0 Å². The molecule has 0 heterocycles. The summed E-state index contributed by atoms with van der Waals surface area (Å²) in [5.41, 5.74) is 2.79. The number of ether oxygens (including phenoxy) is 3. The van der Waals surface area contributed by atoms with Crippen LogP contribution in [0.4, 0.5) is 0 Å². The van der Waals surface area contributed by atoms with Crippen molar-refractivity contribution in [2.24, 2.45) is 0 Å². The predicted molar refractivity (Wildman–Crippen MR) is 108 cm³/mol. The number of esters is 1. The van der Waals surface area contributed by atoms with E-state index in [0.29, 0.717) is 24.7 Å². The number of hydrogen-bond acceptors (Lipinski definition) is 4. The molecule has 27 heavy (non-hydrogen) atoms. The molecule has 144 valence electrons. The van der Waals surface area contributed by atoms with Crippen molar-refractivity contribution in [3.63, 3.8) is 0 Å². The molecule has 4 nitrogen and oxygen atoms in total. The Balaban J connectivity index is 2.39. The second-order valence-electron chi connectivity index (χ2n) is 5.77. The number of benzene rings is 2. The van der Waals surface area contributed by atoms with Crippen LogP contribution < -0.4 is 9.47 Å². The summed E-state index contributed by atoms with van der Waals surface area (Å²) in [6.45, 7) is 5.12. The highest BCUT2D eigenvalue weighted by atomic mass is 35.5. The molecule has 2 aromatic carbocycles. The Labute approximate surface area is 165 Å². The molecule has 0 unspecified atom stereocenters. The van der Waals surface area contributed by atoms with Crippen LogP contribution in [0.5, 0.6) is 11.5 Å². The van der Waals surface area contributed by atoms with Gasteiger partial charge in [0.25, 0.3) is 0 Å². The first-order valence-corrected chi connectivity index (χ1v) is 9.38. The molecule has 0 atom stereocenters. The highest BCUT2D eigenvalue weighted by Crippen LogP contribution is 2.33. The number of hydrogen-bond donors (Lipinski definition) is 0. The molecule has 2 aromatic rings. The van der Waals surface area contributed by atoms with Crippen LogP contribution in [0.25, 0.3) is 5.57 Å². The van der Waals surface area contributed by atoms with Gasteiger partial charge in [-0.2, -0.15) is 0 Å². The van der Waals surface area contributed by atoms with Crippen molar-refractivity contribution in [3.05, 3.63) is 64.7 Å². The summed E-state index contributed by atoms with van der Waals surface area (Å²) in [5.74, 6) is 1.32. The molecule has 0 aliphatic carbocycles. The van der Waals surface area contributed by atoms with E-state index in [1.54, 1.807) is 0 Å². The third-order valence-electron chi connectivity index (χ3n) is 3.96. The smallest absolute Gasteiger partial charge is 0.305 e. The Morgan fingerprint density at radius 1 is 0.815 bits per heavy atom. The van der Waals surface area contributed by atoms with Crippen LogP contribution in [-0.4, -0.2) is 26.3 Å². The molecule has 0 radical (unpaired) electrons. The zero-order chi connectivity index (χ0) is 19.6. The van der Waals surface area contributed by atoms with E-state index < -0.39 is 0 Å². The molecule has 0 aliphatic heterocycles. The van der Waals surface area contributed by atoms with Gasteiger partial charge in [0, 0.05) is 10.6 Å². The lowest BCUT2D eigenvalue weighted by atomic mass is 9.96. The largest absolute Gasteiger partial charge is 0.494 e. The topological polar surface area (TPSA) is 44.8 Å². The Morgan fingerprint density at radius 2 is 1.26 bits per heavy atom. The van der Waals surface area contributed by atoms with Gasteiger partial charge in [-0.25, -0.2) is 0 Å². The minimum Gasteiger partial charge on any atom is -0.494 e. The third kappa shape index (κ3) is 6.04. The molecule has 0 aromatic heterocycles. The molecule has 0 amide bonds. The molecule has 0 N–H and O–H groups in total. The SMILES string of the molecule is CCOc1ccc(C(=C(Cl)CCC(=O)OC)c2ccc(OCC)cc2)cc1. The molecule has 2 rings (SSSR count). The van der Waals surface area contributed by atoms with E-state index >= 15 is 0 Å². The van der Waals surface area contributed by atoms with Crippen LogP contribution in [-0.2, 0) is 9.53 Å². The molecule has 0 saturated heterocycles. The Bertz CT molecular complexity index is 712. The van der Waals surface area contributed by atoms with E-state index in [1.165, 1.54) is 7.11 Å². The zero-order valence-corrected chi connectivity index (χ0v) is 16.7. The quantitative estimate of drug-likeness (QED) is 0.537. The first-order valence-electron chi connectivity index (χ1n) is 9.01. The summed E-state index contributed by atoms with van der Waals surface area (Å²) in [7, 11) is 1.37. The van der Waals surface area contributed by atoms with E-state index in [2.05, 4.69) is 0 Å². The molecule has 5 heteroatoms. The number of halogens is 1. The van der Waals surface area contributed by atoms with Gasteiger partial charge in [0.15, 0.2) is 0 Å². The lowest BCUT2D eigenvalue weighted by Gasteiger charge is -2.14. The van der Waals surface area contributed by atoms with Crippen LogP contribution in [0.2, 0.25) is 0 Å². The number of allylic oxidation sites excluding steroid dienone is 1. The molecule has 0 bridgehead atoms. The summed E-state index contributed by atoms with van der Waals surface area (Å²) >= 11 is 6.63. The van der Waals surface area contributed by atoms with E-state index in [9.17, 15) is 4.79 Å². The van der Waals surface area contributed by atoms with Crippen LogP contribution >= 0.6 is 11.6 Å².